The van der Waals surface area contributed by atoms with Crippen molar-refractivity contribution in [3.05, 3.63) is 48.4 Å². The number of carboxylic acid groups (broad SMARTS) is 1. The molecule has 2 aliphatic rings. The zero-order chi connectivity index (χ0) is 22.3. The average molecular weight is 438 g/mol. The van der Waals surface area contributed by atoms with Crippen molar-refractivity contribution in [3.63, 3.8) is 0 Å². The van der Waals surface area contributed by atoms with Crippen LogP contribution >= 0.6 is 0 Å². The first-order valence-corrected chi connectivity index (χ1v) is 10.5. The van der Waals surface area contributed by atoms with Crippen LogP contribution in [0.15, 0.2) is 42.9 Å². The van der Waals surface area contributed by atoms with E-state index in [4.69, 9.17) is 20.3 Å². The van der Waals surface area contributed by atoms with E-state index in [0.29, 0.717) is 13.2 Å². The molecule has 5 rings (SSSR count). The fourth-order valence-corrected chi connectivity index (χ4v) is 3.62. The highest BCUT2D eigenvalue weighted by Gasteiger charge is 2.17. The number of nitrogen functional groups attached to an aromatic ring is 1. The standard InChI is InChI=1S/C13H13N3O3.C9H13N3O/c17-13(18)10-7-9-1-2-14-12(11(9)15-8-10)16-3-5-19-6-4-16;10-8-2-1-3-11-9(8)12-4-6-13-7-5-12/h1-2,7-8H,3-6H2,(H,17,18);1-3H,4-7,10H2. The van der Waals surface area contributed by atoms with Crippen LogP contribution < -0.4 is 15.5 Å². The van der Waals surface area contributed by atoms with Gasteiger partial charge in [-0.3, -0.25) is 4.98 Å². The third-order valence-corrected chi connectivity index (χ3v) is 5.26. The number of hydrogen-bond acceptors (Lipinski definition) is 9. The fourth-order valence-electron chi connectivity index (χ4n) is 3.62. The number of carbonyl (C=O) groups is 1. The molecule has 2 fully saturated rings. The van der Waals surface area contributed by atoms with Gasteiger partial charge in [0.05, 0.1) is 37.7 Å². The van der Waals surface area contributed by atoms with Crippen molar-refractivity contribution in [2.75, 3.05) is 68.1 Å². The Labute approximate surface area is 185 Å². The molecule has 0 atom stereocenters. The lowest BCUT2D eigenvalue weighted by Crippen LogP contribution is -2.37. The first-order valence-electron chi connectivity index (χ1n) is 10.5. The van der Waals surface area contributed by atoms with Gasteiger partial charge in [-0.05, 0) is 24.3 Å². The Kier molecular flexibility index (Phi) is 6.93. The summed E-state index contributed by atoms with van der Waals surface area (Å²) in [5.41, 5.74) is 7.46. The number of nitrogens with zero attached hydrogens (tertiary/aromatic N) is 5. The van der Waals surface area contributed by atoms with Crippen molar-refractivity contribution in [1.29, 1.82) is 0 Å². The molecule has 32 heavy (non-hydrogen) atoms. The minimum atomic E-state index is -0.973. The Bertz CT molecular complexity index is 1070. The SMILES string of the molecule is Nc1cccnc1N1CCOCC1.O=C(O)c1cnc2c(N3CCOCC3)nccc2c1. The Morgan fingerprint density at radius 2 is 1.53 bits per heavy atom. The van der Waals surface area contributed by atoms with Gasteiger partial charge in [-0.15, -0.1) is 0 Å². The van der Waals surface area contributed by atoms with Crippen LogP contribution in [0.1, 0.15) is 10.4 Å². The highest BCUT2D eigenvalue weighted by molar-refractivity contribution is 5.95. The van der Waals surface area contributed by atoms with Crippen LogP contribution in [0.2, 0.25) is 0 Å². The van der Waals surface area contributed by atoms with Crippen LogP contribution in [-0.4, -0.2) is 78.6 Å². The Morgan fingerprint density at radius 1 is 0.906 bits per heavy atom. The van der Waals surface area contributed by atoms with E-state index in [-0.39, 0.29) is 5.56 Å². The molecule has 3 N–H and O–H groups in total. The molecule has 2 saturated heterocycles. The van der Waals surface area contributed by atoms with Gasteiger partial charge in [0.1, 0.15) is 5.52 Å². The number of hydrogen-bond donors (Lipinski definition) is 2. The highest BCUT2D eigenvalue weighted by atomic mass is 16.5. The van der Waals surface area contributed by atoms with E-state index in [2.05, 4.69) is 24.8 Å². The first-order chi connectivity index (χ1) is 15.6. The molecule has 5 heterocycles. The normalized spacial score (nSPS) is 16.4. The third-order valence-electron chi connectivity index (χ3n) is 5.26. The summed E-state index contributed by atoms with van der Waals surface area (Å²) in [7, 11) is 0. The van der Waals surface area contributed by atoms with Gasteiger partial charge in [-0.25, -0.2) is 14.8 Å². The lowest BCUT2D eigenvalue weighted by molar-refractivity contribution is 0.0696. The Balaban J connectivity index is 0.000000165. The van der Waals surface area contributed by atoms with E-state index in [0.717, 1.165) is 67.6 Å². The van der Waals surface area contributed by atoms with Gasteiger partial charge < -0.3 is 30.1 Å². The maximum absolute atomic E-state index is 10.9. The number of ether oxygens (including phenoxy) is 2. The molecule has 10 heteroatoms. The zero-order valence-electron chi connectivity index (χ0n) is 17.7. The number of nitrogens with two attached hydrogens (primary N) is 1. The molecular weight excluding hydrogens is 412 g/mol. The largest absolute Gasteiger partial charge is 0.478 e. The maximum atomic E-state index is 10.9. The summed E-state index contributed by atoms with van der Waals surface area (Å²) in [4.78, 5) is 28.1. The predicted octanol–water partition coefficient (Wildman–Crippen LogP) is 1.67. The number of fused-ring (bicyclic) bond motifs is 1. The van der Waals surface area contributed by atoms with Crippen LogP contribution in [0.4, 0.5) is 17.3 Å². The van der Waals surface area contributed by atoms with Gasteiger partial charge >= 0.3 is 5.97 Å². The summed E-state index contributed by atoms with van der Waals surface area (Å²) in [5.74, 6) is 0.697. The van der Waals surface area contributed by atoms with Crippen molar-refractivity contribution in [2.45, 2.75) is 0 Å². The van der Waals surface area contributed by atoms with Crippen molar-refractivity contribution < 1.29 is 19.4 Å². The van der Waals surface area contributed by atoms with Crippen LogP contribution in [0.5, 0.6) is 0 Å². The van der Waals surface area contributed by atoms with Gasteiger partial charge in [0.2, 0.25) is 0 Å². The first kappa shape index (κ1) is 21.7. The highest BCUT2D eigenvalue weighted by Crippen LogP contribution is 2.24. The van der Waals surface area contributed by atoms with E-state index >= 15 is 0 Å². The van der Waals surface area contributed by atoms with Crippen molar-refractivity contribution in [2.24, 2.45) is 0 Å². The lowest BCUT2D eigenvalue weighted by atomic mass is 10.2. The fraction of sp³-hybridized carbons (Fsp3) is 0.364. The summed E-state index contributed by atoms with van der Waals surface area (Å²) in [6.07, 6.45) is 4.82. The number of morpholine rings is 2. The van der Waals surface area contributed by atoms with Gasteiger partial charge in [-0.2, -0.15) is 0 Å². The molecule has 3 aromatic rings. The van der Waals surface area contributed by atoms with Crippen LogP contribution in [-0.2, 0) is 9.47 Å². The van der Waals surface area contributed by atoms with Crippen LogP contribution in [0, 0.1) is 0 Å². The van der Waals surface area contributed by atoms with Gasteiger partial charge in [0.15, 0.2) is 11.6 Å². The molecule has 0 aromatic carbocycles. The molecule has 0 unspecified atom stereocenters. The Morgan fingerprint density at radius 3 is 2.16 bits per heavy atom. The average Bonchev–Trinajstić information content (AvgIpc) is 2.85. The second-order valence-electron chi connectivity index (χ2n) is 7.35. The van der Waals surface area contributed by atoms with E-state index < -0.39 is 5.97 Å². The van der Waals surface area contributed by atoms with Gasteiger partial charge in [0, 0.05) is 50.2 Å². The topological polar surface area (TPSA) is 127 Å². The summed E-state index contributed by atoms with van der Waals surface area (Å²) in [5, 5.41) is 9.77. The summed E-state index contributed by atoms with van der Waals surface area (Å²) in [6.45, 7) is 6.16. The molecule has 0 radical (unpaired) electrons. The molecule has 0 saturated carbocycles. The lowest BCUT2D eigenvalue weighted by Gasteiger charge is -2.28. The molecular formula is C22H26N6O4. The second-order valence-corrected chi connectivity index (χ2v) is 7.35. The minimum absolute atomic E-state index is 0.187. The molecule has 3 aromatic heterocycles. The van der Waals surface area contributed by atoms with Crippen molar-refractivity contribution in [1.82, 2.24) is 15.0 Å². The number of aromatic nitrogens is 3. The number of anilines is 3. The maximum Gasteiger partial charge on any atom is 0.337 e. The monoisotopic (exact) mass is 438 g/mol. The number of carboxylic acids is 1. The van der Waals surface area contributed by atoms with Gasteiger partial charge in [0.25, 0.3) is 0 Å². The molecule has 168 valence electrons. The minimum Gasteiger partial charge on any atom is -0.478 e. The summed E-state index contributed by atoms with van der Waals surface area (Å²) >= 11 is 0. The number of rotatable bonds is 3. The molecule has 0 bridgehead atoms. The molecule has 2 aliphatic heterocycles. The van der Waals surface area contributed by atoms with E-state index in [1.54, 1.807) is 24.5 Å². The van der Waals surface area contributed by atoms with Crippen LogP contribution in [0.25, 0.3) is 10.9 Å². The predicted molar refractivity (Wildman–Crippen MR) is 121 cm³/mol. The summed E-state index contributed by atoms with van der Waals surface area (Å²) in [6, 6.07) is 7.12. The van der Waals surface area contributed by atoms with E-state index in [1.165, 1.54) is 6.20 Å². The number of aromatic carboxylic acids is 1. The smallest absolute Gasteiger partial charge is 0.337 e. The molecule has 10 nitrogen and oxygen atoms in total. The quantitative estimate of drug-likeness (QED) is 0.623. The summed E-state index contributed by atoms with van der Waals surface area (Å²) < 4.78 is 10.6. The number of pyridine rings is 3. The molecule has 0 spiro atoms. The third kappa shape index (κ3) is 5.04. The van der Waals surface area contributed by atoms with E-state index in [1.807, 2.05) is 12.1 Å². The van der Waals surface area contributed by atoms with Gasteiger partial charge in [-0.1, -0.05) is 0 Å². The van der Waals surface area contributed by atoms with Crippen molar-refractivity contribution >= 4 is 34.2 Å². The Hall–Kier alpha value is -3.50. The van der Waals surface area contributed by atoms with E-state index in [9.17, 15) is 4.79 Å². The molecule has 0 amide bonds. The van der Waals surface area contributed by atoms with Crippen LogP contribution in [0.3, 0.4) is 0 Å². The van der Waals surface area contributed by atoms with Crippen molar-refractivity contribution in [3.8, 4) is 0 Å². The second kappa shape index (κ2) is 10.2. The zero-order valence-corrected chi connectivity index (χ0v) is 17.7. The molecule has 0 aliphatic carbocycles.